The molecule has 0 nitrogen and oxygen atoms in total. The average molecular weight is 128 g/mol. The highest BCUT2D eigenvalue weighted by Crippen LogP contribution is 1.90. The van der Waals surface area contributed by atoms with Crippen molar-refractivity contribution in [2.75, 3.05) is 0 Å². The second-order valence-electron chi connectivity index (χ2n) is 2.42. The largest absolute Gasteiger partial charge is 0.103 e. The highest BCUT2D eigenvalue weighted by molar-refractivity contribution is 6.42. The first-order valence-electron chi connectivity index (χ1n) is 3.40. The summed E-state index contributed by atoms with van der Waals surface area (Å²) in [5.74, 6) is 0. The van der Waals surface area contributed by atoms with E-state index in [2.05, 4.69) is 26.5 Å². The minimum absolute atomic E-state index is 0.202. The van der Waals surface area contributed by atoms with Gasteiger partial charge in [-0.2, -0.15) is 0 Å². The van der Waals surface area contributed by atoms with Crippen molar-refractivity contribution in [2.24, 2.45) is 0 Å². The van der Waals surface area contributed by atoms with E-state index in [4.69, 9.17) is 0 Å². The van der Waals surface area contributed by atoms with Crippen LogP contribution in [0.1, 0.15) is 27.2 Å². The number of allylic oxidation sites excluding steroid dienone is 1. The van der Waals surface area contributed by atoms with E-state index < -0.39 is 0 Å². The first-order valence-corrected chi connectivity index (χ1v) is 5.22. The average Bonchev–Trinajstić information content (AvgIpc) is 1.66. The van der Waals surface area contributed by atoms with Crippen LogP contribution < -0.4 is 0 Å². The summed E-state index contributed by atoms with van der Waals surface area (Å²) in [5.41, 5.74) is 3.94. The fourth-order valence-electron chi connectivity index (χ4n) is 0.595. The zero-order valence-electron chi connectivity index (χ0n) is 6.20. The summed E-state index contributed by atoms with van der Waals surface area (Å²) in [5, 5.41) is 0. The predicted molar refractivity (Wildman–Crippen MR) is 43.1 cm³/mol. The zero-order chi connectivity index (χ0) is 6.41. The summed E-state index contributed by atoms with van der Waals surface area (Å²) < 4.78 is 0. The van der Waals surface area contributed by atoms with Gasteiger partial charge in [-0.3, -0.25) is 0 Å². The molecule has 0 unspecified atom stereocenters. The van der Waals surface area contributed by atoms with Gasteiger partial charge in [0.2, 0.25) is 0 Å². The van der Waals surface area contributed by atoms with E-state index in [1.165, 1.54) is 18.0 Å². The summed E-state index contributed by atoms with van der Waals surface area (Å²) in [4.78, 5) is 0. The van der Waals surface area contributed by atoms with Crippen molar-refractivity contribution < 1.29 is 0 Å². The Balaban J connectivity index is 3.03. The molecule has 0 rings (SSSR count). The molecule has 0 heterocycles. The Labute approximate surface area is 54.8 Å². The molecule has 0 aliphatic carbocycles. The number of rotatable bonds is 3. The molecule has 0 spiro atoms. The first-order chi connectivity index (χ1) is 3.77. The van der Waals surface area contributed by atoms with Gasteiger partial charge in [-0.1, -0.05) is 25.0 Å². The van der Waals surface area contributed by atoms with Crippen LogP contribution in [0.5, 0.6) is 0 Å². The molecule has 0 saturated heterocycles. The standard InChI is InChI=1S/C7H16Si/c1-4-5-8-6-7(2)3/h6H,4-5,8H2,1-3H3. The van der Waals surface area contributed by atoms with Gasteiger partial charge in [0, 0.05) is 9.52 Å². The molecule has 0 saturated carbocycles. The summed E-state index contributed by atoms with van der Waals surface area (Å²) in [6.45, 7) is 6.62. The maximum Gasteiger partial charge on any atom is 0.0453 e. The van der Waals surface area contributed by atoms with Crippen molar-refractivity contribution >= 4 is 9.52 Å². The molecule has 0 aromatic carbocycles. The summed E-state index contributed by atoms with van der Waals surface area (Å²) in [6, 6.07) is 1.48. The molecule has 0 fully saturated rings. The molecule has 0 N–H and O–H groups in total. The van der Waals surface area contributed by atoms with E-state index in [1.807, 2.05) is 0 Å². The molecule has 8 heavy (non-hydrogen) atoms. The van der Waals surface area contributed by atoms with E-state index >= 15 is 0 Å². The summed E-state index contributed by atoms with van der Waals surface area (Å²) in [7, 11) is 0.202. The summed E-state index contributed by atoms with van der Waals surface area (Å²) >= 11 is 0. The lowest BCUT2D eigenvalue weighted by Crippen LogP contribution is -1.82. The van der Waals surface area contributed by atoms with Gasteiger partial charge in [-0.15, -0.1) is 5.70 Å². The van der Waals surface area contributed by atoms with Crippen LogP contribution in [0.4, 0.5) is 0 Å². The van der Waals surface area contributed by atoms with Crippen molar-refractivity contribution in [2.45, 2.75) is 33.2 Å². The molecule has 48 valence electrons. The molecule has 0 atom stereocenters. The Morgan fingerprint density at radius 1 is 1.50 bits per heavy atom. The predicted octanol–water partition coefficient (Wildman–Crippen LogP) is 1.91. The lowest BCUT2D eigenvalue weighted by Gasteiger charge is -1.87. The Kier molecular flexibility index (Phi) is 5.07. The van der Waals surface area contributed by atoms with Crippen LogP contribution in [0, 0.1) is 0 Å². The Hall–Kier alpha value is -0.0431. The van der Waals surface area contributed by atoms with Crippen LogP contribution in [0.15, 0.2) is 11.3 Å². The Bertz CT molecular complexity index is 70.5. The normalized spacial score (nSPS) is 10.4. The quantitative estimate of drug-likeness (QED) is 0.402. The third-order valence-electron chi connectivity index (χ3n) is 1.11. The Morgan fingerprint density at radius 3 is 2.50 bits per heavy atom. The Morgan fingerprint density at radius 2 is 2.12 bits per heavy atom. The fraction of sp³-hybridized carbons (Fsp3) is 0.714. The van der Waals surface area contributed by atoms with Crippen LogP contribution in [0.3, 0.4) is 0 Å². The maximum absolute atomic E-state index is 2.43. The third-order valence-corrected chi connectivity index (χ3v) is 3.33. The van der Waals surface area contributed by atoms with Gasteiger partial charge in [-0.25, -0.2) is 0 Å². The van der Waals surface area contributed by atoms with Crippen molar-refractivity contribution in [1.29, 1.82) is 0 Å². The van der Waals surface area contributed by atoms with Crippen LogP contribution in [-0.2, 0) is 0 Å². The van der Waals surface area contributed by atoms with Crippen LogP contribution >= 0.6 is 0 Å². The van der Waals surface area contributed by atoms with Gasteiger partial charge in [0.1, 0.15) is 0 Å². The molecule has 0 bridgehead atoms. The maximum atomic E-state index is 2.43. The van der Waals surface area contributed by atoms with E-state index in [0.717, 1.165) is 0 Å². The van der Waals surface area contributed by atoms with Crippen molar-refractivity contribution in [1.82, 2.24) is 0 Å². The lowest BCUT2D eigenvalue weighted by atomic mass is 10.4. The SMILES string of the molecule is CCC[SiH2]C=C(C)C. The van der Waals surface area contributed by atoms with Gasteiger partial charge in [0.25, 0.3) is 0 Å². The lowest BCUT2D eigenvalue weighted by molar-refractivity contribution is 1.08. The smallest absolute Gasteiger partial charge is 0.0453 e. The molecule has 0 aromatic heterocycles. The second kappa shape index (κ2) is 5.10. The van der Waals surface area contributed by atoms with E-state index in [0.29, 0.717) is 0 Å². The molecule has 0 aromatic rings. The number of hydrogen-bond acceptors (Lipinski definition) is 0. The molecule has 1 heteroatoms. The van der Waals surface area contributed by atoms with Gasteiger partial charge in [0.05, 0.1) is 0 Å². The highest BCUT2D eigenvalue weighted by atomic mass is 28.2. The summed E-state index contributed by atoms with van der Waals surface area (Å²) in [6.07, 6.45) is 1.37. The van der Waals surface area contributed by atoms with Crippen LogP contribution in [-0.4, -0.2) is 9.52 Å². The second-order valence-corrected chi connectivity index (χ2v) is 4.12. The fourth-order valence-corrected chi connectivity index (χ4v) is 1.78. The van der Waals surface area contributed by atoms with Gasteiger partial charge in [0.15, 0.2) is 0 Å². The zero-order valence-corrected chi connectivity index (χ0v) is 7.61. The van der Waals surface area contributed by atoms with Crippen molar-refractivity contribution in [3.63, 3.8) is 0 Å². The highest BCUT2D eigenvalue weighted by Gasteiger charge is 1.79. The molecule has 0 radical (unpaired) electrons. The topological polar surface area (TPSA) is 0 Å². The molecule has 0 aliphatic heterocycles. The van der Waals surface area contributed by atoms with Crippen LogP contribution in [0.25, 0.3) is 0 Å². The molecule has 0 amide bonds. The van der Waals surface area contributed by atoms with Crippen LogP contribution in [0.2, 0.25) is 6.04 Å². The minimum atomic E-state index is 0.202. The molecule has 0 aliphatic rings. The minimum Gasteiger partial charge on any atom is -0.103 e. The first kappa shape index (κ1) is 7.96. The molecular formula is C7H16Si. The van der Waals surface area contributed by atoms with E-state index in [-0.39, 0.29) is 9.52 Å². The monoisotopic (exact) mass is 128 g/mol. The van der Waals surface area contributed by atoms with Crippen molar-refractivity contribution in [3.8, 4) is 0 Å². The third kappa shape index (κ3) is 5.96. The van der Waals surface area contributed by atoms with Gasteiger partial charge in [-0.05, 0) is 13.8 Å². The number of hydrogen-bond donors (Lipinski definition) is 0. The molecular weight excluding hydrogens is 112 g/mol. The van der Waals surface area contributed by atoms with E-state index in [1.54, 1.807) is 0 Å². The van der Waals surface area contributed by atoms with Gasteiger partial charge >= 0.3 is 0 Å². The van der Waals surface area contributed by atoms with Crippen molar-refractivity contribution in [3.05, 3.63) is 11.3 Å². The van der Waals surface area contributed by atoms with E-state index in [9.17, 15) is 0 Å². The van der Waals surface area contributed by atoms with Gasteiger partial charge < -0.3 is 0 Å².